The van der Waals surface area contributed by atoms with Gasteiger partial charge in [0.25, 0.3) is 0 Å². The molecule has 1 atom stereocenters. The lowest BCUT2D eigenvalue weighted by Crippen LogP contribution is -2.34. The van der Waals surface area contributed by atoms with E-state index >= 15 is 0 Å². The molecule has 1 rings (SSSR count). The minimum absolute atomic E-state index is 0.0978. The van der Waals surface area contributed by atoms with Gasteiger partial charge in [0, 0.05) is 17.5 Å². The first-order valence-electron chi connectivity index (χ1n) is 6.24. The SMILES string of the molecule is CCCN(CC(F)(F)F)c1nc(C)c(C(C)NC)s1. The van der Waals surface area contributed by atoms with Crippen LogP contribution in [0.1, 0.15) is 36.9 Å². The molecule has 0 radical (unpaired) electrons. The minimum Gasteiger partial charge on any atom is -0.339 e. The first kappa shape index (κ1) is 16.2. The number of thiazole rings is 1. The van der Waals surface area contributed by atoms with Gasteiger partial charge < -0.3 is 10.2 Å². The highest BCUT2D eigenvalue weighted by atomic mass is 32.1. The van der Waals surface area contributed by atoms with Crippen molar-refractivity contribution in [2.24, 2.45) is 0 Å². The van der Waals surface area contributed by atoms with E-state index in [9.17, 15) is 13.2 Å². The summed E-state index contributed by atoms with van der Waals surface area (Å²) in [6, 6.07) is 0.0978. The van der Waals surface area contributed by atoms with Gasteiger partial charge in [-0.1, -0.05) is 6.92 Å². The lowest BCUT2D eigenvalue weighted by Gasteiger charge is -2.22. The Bertz CT molecular complexity index is 403. The van der Waals surface area contributed by atoms with Crippen molar-refractivity contribution >= 4 is 16.5 Å². The van der Waals surface area contributed by atoms with E-state index in [0.29, 0.717) is 18.1 Å². The Morgan fingerprint density at radius 3 is 2.53 bits per heavy atom. The highest BCUT2D eigenvalue weighted by molar-refractivity contribution is 7.15. The Labute approximate surface area is 115 Å². The normalized spacial score (nSPS) is 13.6. The van der Waals surface area contributed by atoms with Crippen molar-refractivity contribution in [3.8, 4) is 0 Å². The van der Waals surface area contributed by atoms with E-state index in [1.807, 2.05) is 27.8 Å². The lowest BCUT2D eigenvalue weighted by molar-refractivity contribution is -0.119. The molecule has 0 spiro atoms. The standard InChI is InChI=1S/C12H20F3N3S/c1-5-6-18(7-12(13,14)15)11-17-9(3)10(19-11)8(2)16-4/h8,16H,5-7H2,1-4H3. The van der Waals surface area contributed by atoms with Crippen LogP contribution in [0.15, 0.2) is 0 Å². The van der Waals surface area contributed by atoms with E-state index in [1.165, 1.54) is 16.2 Å². The summed E-state index contributed by atoms with van der Waals surface area (Å²) in [5.74, 6) is 0. The zero-order valence-corrected chi connectivity index (χ0v) is 12.5. The number of hydrogen-bond donors (Lipinski definition) is 1. The van der Waals surface area contributed by atoms with Crippen molar-refractivity contribution in [2.45, 2.75) is 39.4 Å². The van der Waals surface area contributed by atoms with Crippen LogP contribution in [-0.2, 0) is 0 Å². The molecule has 1 aromatic rings. The molecule has 0 fully saturated rings. The molecule has 0 saturated heterocycles. The van der Waals surface area contributed by atoms with Crippen molar-refractivity contribution in [3.05, 3.63) is 10.6 Å². The van der Waals surface area contributed by atoms with Crippen LogP contribution in [-0.4, -0.2) is 31.3 Å². The van der Waals surface area contributed by atoms with Gasteiger partial charge in [0.15, 0.2) is 5.13 Å². The van der Waals surface area contributed by atoms with Crippen molar-refractivity contribution in [1.82, 2.24) is 10.3 Å². The molecule has 1 heterocycles. The summed E-state index contributed by atoms with van der Waals surface area (Å²) >= 11 is 1.33. The molecule has 0 saturated carbocycles. The van der Waals surface area contributed by atoms with Crippen molar-refractivity contribution < 1.29 is 13.2 Å². The van der Waals surface area contributed by atoms with Gasteiger partial charge in [0.05, 0.1) is 5.69 Å². The van der Waals surface area contributed by atoms with Gasteiger partial charge >= 0.3 is 6.18 Å². The molecule has 0 aliphatic heterocycles. The second-order valence-corrected chi connectivity index (χ2v) is 5.50. The third-order valence-electron chi connectivity index (χ3n) is 2.78. The molecule has 7 heteroatoms. The average molecular weight is 295 g/mol. The lowest BCUT2D eigenvalue weighted by atomic mass is 10.2. The van der Waals surface area contributed by atoms with Gasteiger partial charge in [0.1, 0.15) is 6.54 Å². The average Bonchev–Trinajstić information content (AvgIpc) is 2.68. The smallest absolute Gasteiger partial charge is 0.339 e. The highest BCUT2D eigenvalue weighted by Crippen LogP contribution is 2.32. The Balaban J connectivity index is 2.97. The van der Waals surface area contributed by atoms with Crippen LogP contribution in [0, 0.1) is 6.92 Å². The number of aryl methyl sites for hydroxylation is 1. The monoisotopic (exact) mass is 295 g/mol. The van der Waals surface area contributed by atoms with Crippen molar-refractivity contribution in [3.63, 3.8) is 0 Å². The zero-order valence-electron chi connectivity index (χ0n) is 11.6. The fraction of sp³-hybridized carbons (Fsp3) is 0.750. The quantitative estimate of drug-likeness (QED) is 0.870. The summed E-state index contributed by atoms with van der Waals surface area (Å²) in [4.78, 5) is 6.58. The molecular formula is C12H20F3N3S. The fourth-order valence-corrected chi connectivity index (χ4v) is 2.94. The first-order valence-corrected chi connectivity index (χ1v) is 7.06. The van der Waals surface area contributed by atoms with Crippen LogP contribution < -0.4 is 10.2 Å². The fourth-order valence-electron chi connectivity index (χ4n) is 1.79. The topological polar surface area (TPSA) is 28.2 Å². The third kappa shape index (κ3) is 4.65. The van der Waals surface area contributed by atoms with Crippen LogP contribution in [0.25, 0.3) is 0 Å². The van der Waals surface area contributed by atoms with Gasteiger partial charge in [-0.15, -0.1) is 11.3 Å². The molecule has 0 aliphatic carbocycles. The molecule has 0 aromatic carbocycles. The molecule has 19 heavy (non-hydrogen) atoms. The van der Waals surface area contributed by atoms with E-state index in [2.05, 4.69) is 10.3 Å². The number of hydrogen-bond acceptors (Lipinski definition) is 4. The van der Waals surface area contributed by atoms with E-state index in [0.717, 1.165) is 10.6 Å². The van der Waals surface area contributed by atoms with Gasteiger partial charge in [-0.3, -0.25) is 0 Å². The van der Waals surface area contributed by atoms with Crippen LogP contribution in [0.3, 0.4) is 0 Å². The van der Waals surface area contributed by atoms with Crippen LogP contribution >= 0.6 is 11.3 Å². The molecule has 0 aliphatic rings. The molecule has 0 amide bonds. The van der Waals surface area contributed by atoms with Gasteiger partial charge in [-0.2, -0.15) is 13.2 Å². The number of nitrogens with zero attached hydrogens (tertiary/aromatic N) is 2. The maximum Gasteiger partial charge on any atom is 0.406 e. The maximum absolute atomic E-state index is 12.6. The number of nitrogens with one attached hydrogen (secondary N) is 1. The summed E-state index contributed by atoms with van der Waals surface area (Å²) in [6.45, 7) is 5.08. The molecule has 1 N–H and O–H groups in total. The van der Waals surface area contributed by atoms with Crippen LogP contribution in [0.2, 0.25) is 0 Å². The molecule has 3 nitrogen and oxygen atoms in total. The summed E-state index contributed by atoms with van der Waals surface area (Å²) in [5, 5.41) is 3.54. The second kappa shape index (κ2) is 6.56. The van der Waals surface area contributed by atoms with Crippen LogP contribution in [0.5, 0.6) is 0 Å². The van der Waals surface area contributed by atoms with Crippen molar-refractivity contribution in [2.75, 3.05) is 25.0 Å². The highest BCUT2D eigenvalue weighted by Gasteiger charge is 2.32. The predicted octanol–water partition coefficient (Wildman–Crippen LogP) is 3.51. The van der Waals surface area contributed by atoms with Crippen molar-refractivity contribution in [1.29, 1.82) is 0 Å². The van der Waals surface area contributed by atoms with Gasteiger partial charge in [-0.25, -0.2) is 4.98 Å². The summed E-state index contributed by atoms with van der Waals surface area (Å²) in [7, 11) is 1.82. The Hall–Kier alpha value is -0.820. The first-order chi connectivity index (χ1) is 8.78. The number of alkyl halides is 3. The Morgan fingerprint density at radius 1 is 1.42 bits per heavy atom. The summed E-state index contributed by atoms with van der Waals surface area (Å²) in [5.41, 5.74) is 0.796. The minimum atomic E-state index is -4.20. The largest absolute Gasteiger partial charge is 0.406 e. The Kier molecular flexibility index (Phi) is 5.61. The number of aromatic nitrogens is 1. The molecule has 1 aromatic heterocycles. The maximum atomic E-state index is 12.6. The van der Waals surface area contributed by atoms with E-state index in [4.69, 9.17) is 0 Å². The van der Waals surface area contributed by atoms with Gasteiger partial charge in [0.2, 0.25) is 0 Å². The molecule has 110 valence electrons. The summed E-state index contributed by atoms with van der Waals surface area (Å²) in [6.07, 6.45) is -3.55. The van der Waals surface area contributed by atoms with E-state index in [1.54, 1.807) is 0 Å². The number of anilines is 1. The molecule has 0 bridgehead atoms. The second-order valence-electron chi connectivity index (χ2n) is 4.49. The Morgan fingerprint density at radius 2 is 2.05 bits per heavy atom. The zero-order chi connectivity index (χ0) is 14.6. The van der Waals surface area contributed by atoms with Crippen LogP contribution in [0.4, 0.5) is 18.3 Å². The molecular weight excluding hydrogens is 275 g/mol. The van der Waals surface area contributed by atoms with E-state index < -0.39 is 12.7 Å². The predicted molar refractivity (Wildman–Crippen MR) is 72.9 cm³/mol. The van der Waals surface area contributed by atoms with E-state index in [-0.39, 0.29) is 6.04 Å². The number of rotatable bonds is 6. The summed E-state index contributed by atoms with van der Waals surface area (Å²) < 4.78 is 37.7. The third-order valence-corrected chi connectivity index (χ3v) is 4.18. The van der Waals surface area contributed by atoms with Gasteiger partial charge in [-0.05, 0) is 27.3 Å². The number of halogens is 3. The molecule has 1 unspecified atom stereocenters.